The Labute approximate surface area is 174 Å². The third-order valence-corrected chi connectivity index (χ3v) is 5.62. The summed E-state index contributed by atoms with van der Waals surface area (Å²) >= 11 is 0. The molecular weight excluding hydrogens is 376 g/mol. The van der Waals surface area contributed by atoms with Crippen LogP contribution in [0.25, 0.3) is 16.5 Å². The molecule has 2 aromatic heterocycles. The first-order valence-corrected chi connectivity index (χ1v) is 9.91. The molecule has 0 saturated heterocycles. The fraction of sp³-hybridized carbons (Fsp3) is 0.208. The maximum Gasteiger partial charge on any atom is 0.281 e. The number of para-hydroxylation sites is 2. The van der Waals surface area contributed by atoms with E-state index < -0.39 is 6.04 Å². The lowest BCUT2D eigenvalue weighted by Gasteiger charge is -2.18. The molecule has 1 N–H and O–H groups in total. The smallest absolute Gasteiger partial charge is 0.281 e. The Morgan fingerprint density at radius 1 is 0.967 bits per heavy atom. The Balaban J connectivity index is 1.78. The highest BCUT2D eigenvalue weighted by Crippen LogP contribution is 2.27. The lowest BCUT2D eigenvalue weighted by Crippen LogP contribution is -2.25. The topological polar surface area (TPSA) is 68.9 Å². The second-order valence-corrected chi connectivity index (χ2v) is 7.51. The zero-order chi connectivity index (χ0) is 21.4. The first-order chi connectivity index (χ1) is 14.4. The number of aromatic nitrogens is 3. The third-order valence-electron chi connectivity index (χ3n) is 5.62. The summed E-state index contributed by atoms with van der Waals surface area (Å²) in [5.74, 6) is -0.132. The Morgan fingerprint density at radius 2 is 1.63 bits per heavy atom. The number of amides is 1. The Hall–Kier alpha value is -3.67. The van der Waals surface area contributed by atoms with E-state index in [0.29, 0.717) is 11.1 Å². The van der Waals surface area contributed by atoms with Gasteiger partial charge in [0.25, 0.3) is 5.56 Å². The second-order valence-electron chi connectivity index (χ2n) is 7.51. The highest BCUT2D eigenvalue weighted by molar-refractivity contribution is 5.95. The maximum atomic E-state index is 13.2. The SMILES string of the molecule is Cc1ccccc1NC(=O)[C@@H](C)n1c(C)c2cnn(-c3ccccc3)c(=O)c2c1C. The summed E-state index contributed by atoms with van der Waals surface area (Å²) in [6.07, 6.45) is 1.70. The zero-order valence-electron chi connectivity index (χ0n) is 17.5. The van der Waals surface area contributed by atoms with Crippen molar-refractivity contribution >= 4 is 22.4 Å². The molecule has 0 bridgehead atoms. The molecular formula is C24H24N4O2. The van der Waals surface area contributed by atoms with Gasteiger partial charge in [-0.25, -0.2) is 0 Å². The van der Waals surface area contributed by atoms with Gasteiger partial charge >= 0.3 is 0 Å². The molecule has 4 rings (SSSR count). The molecule has 6 nitrogen and oxygen atoms in total. The van der Waals surface area contributed by atoms with Crippen molar-refractivity contribution in [2.45, 2.75) is 33.7 Å². The molecule has 30 heavy (non-hydrogen) atoms. The van der Waals surface area contributed by atoms with Crippen molar-refractivity contribution in [2.75, 3.05) is 5.32 Å². The van der Waals surface area contributed by atoms with Gasteiger partial charge in [0.2, 0.25) is 5.91 Å². The van der Waals surface area contributed by atoms with Crippen molar-refractivity contribution in [3.05, 3.63) is 88.1 Å². The van der Waals surface area contributed by atoms with Gasteiger partial charge < -0.3 is 9.88 Å². The molecule has 0 aliphatic rings. The first kappa shape index (κ1) is 19.6. The fourth-order valence-corrected chi connectivity index (χ4v) is 3.98. The quantitative estimate of drug-likeness (QED) is 0.555. The Morgan fingerprint density at radius 3 is 2.33 bits per heavy atom. The van der Waals surface area contributed by atoms with E-state index in [1.165, 1.54) is 4.68 Å². The molecule has 0 unspecified atom stereocenters. The van der Waals surface area contributed by atoms with Crippen LogP contribution in [-0.4, -0.2) is 20.3 Å². The number of rotatable bonds is 4. The minimum absolute atomic E-state index is 0.132. The summed E-state index contributed by atoms with van der Waals surface area (Å²) in [5.41, 5.74) is 3.91. The molecule has 0 radical (unpaired) electrons. The number of carbonyl (C=O) groups excluding carboxylic acids is 1. The van der Waals surface area contributed by atoms with Crippen molar-refractivity contribution in [2.24, 2.45) is 0 Å². The molecule has 4 aromatic rings. The standard InChI is InChI=1S/C24H24N4O2/c1-15-10-8-9-13-21(15)26-23(29)18(4)27-16(2)20-14-25-28(19-11-6-5-7-12-19)24(30)22(20)17(27)3/h5-14,18H,1-4H3,(H,26,29)/t18-/m1/s1. The molecule has 0 saturated carbocycles. The number of aryl methyl sites for hydroxylation is 3. The number of hydrogen-bond donors (Lipinski definition) is 1. The lowest BCUT2D eigenvalue weighted by atomic mass is 10.2. The fourth-order valence-electron chi connectivity index (χ4n) is 3.98. The van der Waals surface area contributed by atoms with E-state index in [2.05, 4.69) is 10.4 Å². The van der Waals surface area contributed by atoms with E-state index >= 15 is 0 Å². The van der Waals surface area contributed by atoms with Gasteiger partial charge in [0, 0.05) is 22.5 Å². The van der Waals surface area contributed by atoms with Gasteiger partial charge in [-0.2, -0.15) is 9.78 Å². The summed E-state index contributed by atoms with van der Waals surface area (Å²) in [6, 6.07) is 16.5. The molecule has 2 aromatic carbocycles. The molecule has 0 fully saturated rings. The van der Waals surface area contributed by atoms with Gasteiger partial charge in [-0.05, 0) is 51.5 Å². The van der Waals surface area contributed by atoms with E-state index in [1.807, 2.05) is 86.9 Å². The summed E-state index contributed by atoms with van der Waals surface area (Å²) in [7, 11) is 0. The van der Waals surface area contributed by atoms with Gasteiger partial charge in [0.05, 0.1) is 17.3 Å². The van der Waals surface area contributed by atoms with E-state index in [9.17, 15) is 9.59 Å². The molecule has 152 valence electrons. The number of hydrogen-bond acceptors (Lipinski definition) is 3. The maximum absolute atomic E-state index is 13.2. The number of anilines is 1. The Bertz CT molecular complexity index is 1300. The predicted molar refractivity (Wildman–Crippen MR) is 119 cm³/mol. The number of nitrogens with one attached hydrogen (secondary N) is 1. The Kier molecular flexibility index (Phi) is 4.99. The molecule has 0 aliphatic heterocycles. The van der Waals surface area contributed by atoms with Crippen molar-refractivity contribution < 1.29 is 4.79 Å². The van der Waals surface area contributed by atoms with Crippen LogP contribution >= 0.6 is 0 Å². The van der Waals surface area contributed by atoms with E-state index in [4.69, 9.17) is 0 Å². The number of carbonyl (C=O) groups is 1. The normalized spacial score (nSPS) is 12.1. The first-order valence-electron chi connectivity index (χ1n) is 9.91. The van der Waals surface area contributed by atoms with Crippen molar-refractivity contribution in [1.29, 1.82) is 0 Å². The van der Waals surface area contributed by atoms with Crippen LogP contribution in [0.15, 0.2) is 65.6 Å². The highest BCUT2D eigenvalue weighted by atomic mass is 16.2. The van der Waals surface area contributed by atoms with Crippen LogP contribution in [0.3, 0.4) is 0 Å². The van der Waals surface area contributed by atoms with Crippen LogP contribution in [0.5, 0.6) is 0 Å². The minimum atomic E-state index is -0.485. The predicted octanol–water partition coefficient (Wildman–Crippen LogP) is 4.31. The largest absolute Gasteiger partial charge is 0.336 e. The lowest BCUT2D eigenvalue weighted by molar-refractivity contribution is -0.118. The summed E-state index contributed by atoms with van der Waals surface area (Å²) in [4.78, 5) is 26.2. The second kappa shape index (κ2) is 7.63. The number of nitrogens with zero attached hydrogens (tertiary/aromatic N) is 3. The van der Waals surface area contributed by atoms with Crippen LogP contribution < -0.4 is 10.9 Å². The zero-order valence-corrected chi connectivity index (χ0v) is 17.5. The molecule has 0 aliphatic carbocycles. The molecule has 1 atom stereocenters. The van der Waals surface area contributed by atoms with E-state index in [1.54, 1.807) is 6.20 Å². The van der Waals surface area contributed by atoms with Gasteiger partial charge in [0.1, 0.15) is 6.04 Å². The molecule has 1 amide bonds. The molecule has 2 heterocycles. The van der Waals surface area contributed by atoms with Crippen molar-refractivity contribution in [3.63, 3.8) is 0 Å². The van der Waals surface area contributed by atoms with Crippen LogP contribution in [0.2, 0.25) is 0 Å². The van der Waals surface area contributed by atoms with Crippen LogP contribution in [-0.2, 0) is 4.79 Å². The van der Waals surface area contributed by atoms with Crippen LogP contribution in [0, 0.1) is 20.8 Å². The molecule has 0 spiro atoms. The van der Waals surface area contributed by atoms with E-state index in [0.717, 1.165) is 28.0 Å². The van der Waals surface area contributed by atoms with Crippen molar-refractivity contribution in [3.8, 4) is 5.69 Å². The summed E-state index contributed by atoms with van der Waals surface area (Å²) in [5, 5.41) is 8.72. The minimum Gasteiger partial charge on any atom is -0.336 e. The number of fused-ring (bicyclic) bond motifs is 1. The molecule has 6 heteroatoms. The van der Waals surface area contributed by atoms with Gasteiger partial charge in [-0.1, -0.05) is 36.4 Å². The average Bonchev–Trinajstić information content (AvgIpc) is 3.00. The summed E-state index contributed by atoms with van der Waals surface area (Å²) in [6.45, 7) is 7.60. The summed E-state index contributed by atoms with van der Waals surface area (Å²) < 4.78 is 3.31. The highest BCUT2D eigenvalue weighted by Gasteiger charge is 2.24. The number of benzene rings is 2. The van der Waals surface area contributed by atoms with Gasteiger partial charge in [0.15, 0.2) is 0 Å². The van der Waals surface area contributed by atoms with Gasteiger partial charge in [-0.15, -0.1) is 0 Å². The average molecular weight is 400 g/mol. The van der Waals surface area contributed by atoms with Crippen molar-refractivity contribution in [1.82, 2.24) is 14.3 Å². The van der Waals surface area contributed by atoms with Crippen LogP contribution in [0.1, 0.15) is 29.9 Å². The van der Waals surface area contributed by atoms with Crippen LogP contribution in [0.4, 0.5) is 5.69 Å². The monoisotopic (exact) mass is 400 g/mol. The third kappa shape index (κ3) is 3.20. The van der Waals surface area contributed by atoms with Gasteiger partial charge in [-0.3, -0.25) is 9.59 Å². The van der Waals surface area contributed by atoms with E-state index in [-0.39, 0.29) is 11.5 Å².